The maximum atomic E-state index is 11.1. The molecule has 1 atom stereocenters. The fourth-order valence-corrected chi connectivity index (χ4v) is 3.12. The van der Waals surface area contributed by atoms with Gasteiger partial charge in [-0.15, -0.1) is 0 Å². The van der Waals surface area contributed by atoms with Gasteiger partial charge in [0.05, 0.1) is 24.3 Å². The quantitative estimate of drug-likeness (QED) is 0.853. The number of carbonyl (C=O) groups excluding carboxylic acids is 1. The molecule has 0 radical (unpaired) electrons. The number of guanidine groups is 1. The van der Waals surface area contributed by atoms with Crippen LogP contribution in [0.2, 0.25) is 0 Å². The number of carbonyl (C=O) groups is 1. The van der Waals surface area contributed by atoms with Gasteiger partial charge >= 0.3 is 0 Å². The number of nitrogens with zero attached hydrogens (tertiary/aromatic N) is 2. The van der Waals surface area contributed by atoms with Gasteiger partial charge in [-0.1, -0.05) is 15.9 Å². The van der Waals surface area contributed by atoms with E-state index in [1.807, 2.05) is 18.3 Å². The average Bonchev–Trinajstić information content (AvgIpc) is 2.91. The molecule has 2 heterocycles. The first kappa shape index (κ1) is 15.9. The Bertz CT molecular complexity index is 769. The normalized spacial score (nSPS) is 17.5. The lowest BCUT2D eigenvalue weighted by Gasteiger charge is -2.24. The highest BCUT2D eigenvalue weighted by Gasteiger charge is 2.22. The standard InChI is InChI=1S/C16H19BrN4O2/c1-10(22)8-19-16-18-6-5-14(20-16)13-9-21(23-2)15-4-3-11(17)7-12(13)15/h3-4,7,9,14H,5-6,8H2,1-2H3,(H2,18,19,20). The van der Waals surface area contributed by atoms with Crippen LogP contribution in [0.3, 0.4) is 0 Å². The van der Waals surface area contributed by atoms with Crippen molar-refractivity contribution in [2.75, 3.05) is 20.2 Å². The van der Waals surface area contributed by atoms with Crippen LogP contribution in [0, 0.1) is 0 Å². The Kier molecular flexibility index (Phi) is 4.56. The molecule has 6 nitrogen and oxygen atoms in total. The van der Waals surface area contributed by atoms with E-state index in [2.05, 4.69) is 37.6 Å². The molecule has 23 heavy (non-hydrogen) atoms. The minimum atomic E-state index is 0.0801. The molecule has 0 fully saturated rings. The van der Waals surface area contributed by atoms with Crippen LogP contribution in [0.15, 0.2) is 33.9 Å². The van der Waals surface area contributed by atoms with E-state index in [4.69, 9.17) is 4.84 Å². The molecule has 0 amide bonds. The number of aromatic nitrogens is 1. The summed E-state index contributed by atoms with van der Waals surface area (Å²) in [6.07, 6.45) is 2.89. The molecule has 1 unspecified atom stereocenters. The topological polar surface area (TPSA) is 67.6 Å². The number of Topliss-reactive ketones (excluding diaryl/α,β-unsaturated/α-hetero) is 1. The number of rotatable bonds is 4. The van der Waals surface area contributed by atoms with Crippen LogP contribution in [0.25, 0.3) is 10.9 Å². The van der Waals surface area contributed by atoms with E-state index in [1.54, 1.807) is 18.8 Å². The van der Waals surface area contributed by atoms with Gasteiger partial charge in [0.15, 0.2) is 5.96 Å². The van der Waals surface area contributed by atoms with Crippen LogP contribution in [0.5, 0.6) is 0 Å². The lowest BCUT2D eigenvalue weighted by Crippen LogP contribution is -2.44. The summed E-state index contributed by atoms with van der Waals surface area (Å²) in [5, 5.41) is 7.55. The van der Waals surface area contributed by atoms with Crippen LogP contribution in [0.1, 0.15) is 24.9 Å². The van der Waals surface area contributed by atoms with Gasteiger partial charge in [-0.25, -0.2) is 0 Å². The van der Waals surface area contributed by atoms with Gasteiger partial charge in [0, 0.05) is 22.0 Å². The molecule has 0 saturated carbocycles. The summed E-state index contributed by atoms with van der Waals surface area (Å²) in [6.45, 7) is 2.55. The predicted octanol–water partition coefficient (Wildman–Crippen LogP) is 2.03. The molecule has 1 aromatic carbocycles. The molecule has 0 spiro atoms. The lowest BCUT2D eigenvalue weighted by molar-refractivity contribution is -0.116. The van der Waals surface area contributed by atoms with Crippen molar-refractivity contribution < 1.29 is 9.63 Å². The molecular weight excluding hydrogens is 360 g/mol. The minimum Gasteiger partial charge on any atom is -0.417 e. The monoisotopic (exact) mass is 378 g/mol. The molecule has 0 saturated heterocycles. The fraction of sp³-hybridized carbons (Fsp3) is 0.375. The van der Waals surface area contributed by atoms with Gasteiger partial charge in [0.2, 0.25) is 0 Å². The van der Waals surface area contributed by atoms with E-state index in [0.29, 0.717) is 12.5 Å². The van der Waals surface area contributed by atoms with Gasteiger partial charge in [0.1, 0.15) is 12.9 Å². The molecule has 1 aliphatic heterocycles. The molecule has 1 aromatic heterocycles. The van der Waals surface area contributed by atoms with Crippen molar-refractivity contribution in [1.82, 2.24) is 15.4 Å². The average molecular weight is 379 g/mol. The Labute approximate surface area is 143 Å². The fourth-order valence-electron chi connectivity index (χ4n) is 2.76. The summed E-state index contributed by atoms with van der Waals surface area (Å²) in [7, 11) is 1.65. The van der Waals surface area contributed by atoms with Crippen molar-refractivity contribution in [2.24, 2.45) is 4.99 Å². The first-order valence-electron chi connectivity index (χ1n) is 7.47. The summed E-state index contributed by atoms with van der Waals surface area (Å²) in [5.41, 5.74) is 2.17. The molecule has 2 N–H and O–H groups in total. The molecule has 1 aliphatic rings. The zero-order valence-electron chi connectivity index (χ0n) is 13.1. The third-order valence-corrected chi connectivity index (χ3v) is 4.33. The first-order valence-corrected chi connectivity index (χ1v) is 8.27. The van der Waals surface area contributed by atoms with Gasteiger partial charge < -0.3 is 15.5 Å². The van der Waals surface area contributed by atoms with E-state index in [0.717, 1.165) is 27.4 Å². The van der Waals surface area contributed by atoms with Crippen molar-refractivity contribution in [3.8, 4) is 0 Å². The lowest BCUT2D eigenvalue weighted by atomic mass is 10.0. The SMILES string of the molecule is COn1cc(C2CCN=C(NCC(C)=O)N2)c2cc(Br)ccc21. The van der Waals surface area contributed by atoms with E-state index in [1.165, 1.54) is 0 Å². The zero-order chi connectivity index (χ0) is 16.4. The number of fused-ring (bicyclic) bond motifs is 1. The molecule has 0 aliphatic carbocycles. The third-order valence-electron chi connectivity index (χ3n) is 3.84. The predicted molar refractivity (Wildman–Crippen MR) is 93.6 cm³/mol. The van der Waals surface area contributed by atoms with E-state index >= 15 is 0 Å². The number of hydrogen-bond donors (Lipinski definition) is 2. The maximum absolute atomic E-state index is 11.1. The summed E-state index contributed by atoms with van der Waals surface area (Å²) in [6, 6.07) is 6.24. The highest BCUT2D eigenvalue weighted by molar-refractivity contribution is 9.10. The molecule has 3 rings (SSSR count). The Morgan fingerprint density at radius 1 is 1.57 bits per heavy atom. The smallest absolute Gasteiger partial charge is 0.192 e. The van der Waals surface area contributed by atoms with Gasteiger partial charge in [0.25, 0.3) is 0 Å². The number of aliphatic imine (C=N–C) groups is 1. The molecule has 122 valence electrons. The Morgan fingerprint density at radius 3 is 3.13 bits per heavy atom. The van der Waals surface area contributed by atoms with Crippen molar-refractivity contribution in [2.45, 2.75) is 19.4 Å². The highest BCUT2D eigenvalue weighted by Crippen LogP contribution is 2.31. The summed E-state index contributed by atoms with van der Waals surface area (Å²) < 4.78 is 2.80. The van der Waals surface area contributed by atoms with Gasteiger partial charge in [-0.3, -0.25) is 9.79 Å². The van der Waals surface area contributed by atoms with Crippen molar-refractivity contribution in [3.05, 3.63) is 34.4 Å². The van der Waals surface area contributed by atoms with E-state index in [9.17, 15) is 4.79 Å². The summed E-state index contributed by atoms with van der Waals surface area (Å²) >= 11 is 3.53. The Balaban J connectivity index is 1.89. The number of benzene rings is 1. The summed E-state index contributed by atoms with van der Waals surface area (Å²) in [5.74, 6) is 0.751. The Hall–Kier alpha value is -2.02. The molecular formula is C16H19BrN4O2. The van der Waals surface area contributed by atoms with Crippen LogP contribution >= 0.6 is 15.9 Å². The summed E-state index contributed by atoms with van der Waals surface area (Å²) in [4.78, 5) is 20.9. The molecule has 0 bridgehead atoms. The second-order valence-corrected chi connectivity index (χ2v) is 6.44. The second kappa shape index (κ2) is 6.62. The largest absolute Gasteiger partial charge is 0.417 e. The maximum Gasteiger partial charge on any atom is 0.192 e. The van der Waals surface area contributed by atoms with E-state index in [-0.39, 0.29) is 18.4 Å². The van der Waals surface area contributed by atoms with Gasteiger partial charge in [-0.05, 0) is 31.5 Å². The number of hydrogen-bond acceptors (Lipinski definition) is 5. The van der Waals surface area contributed by atoms with Gasteiger partial charge in [-0.2, -0.15) is 4.73 Å². The van der Waals surface area contributed by atoms with Crippen LogP contribution in [-0.4, -0.2) is 36.7 Å². The molecule has 7 heteroatoms. The van der Waals surface area contributed by atoms with Crippen molar-refractivity contribution >= 4 is 38.6 Å². The van der Waals surface area contributed by atoms with Crippen LogP contribution in [0.4, 0.5) is 0 Å². The number of halogens is 1. The minimum absolute atomic E-state index is 0.0801. The van der Waals surface area contributed by atoms with Crippen LogP contribution < -0.4 is 15.5 Å². The second-order valence-electron chi connectivity index (χ2n) is 5.53. The van der Waals surface area contributed by atoms with Crippen molar-refractivity contribution in [1.29, 1.82) is 0 Å². The van der Waals surface area contributed by atoms with Crippen LogP contribution in [-0.2, 0) is 4.79 Å². The Morgan fingerprint density at radius 2 is 2.39 bits per heavy atom. The molecule has 2 aromatic rings. The third kappa shape index (κ3) is 3.34. The number of ketones is 1. The zero-order valence-corrected chi connectivity index (χ0v) is 14.7. The highest BCUT2D eigenvalue weighted by atomic mass is 79.9. The number of nitrogens with one attached hydrogen (secondary N) is 2. The first-order chi connectivity index (χ1) is 11.1. The van der Waals surface area contributed by atoms with Crippen molar-refractivity contribution in [3.63, 3.8) is 0 Å². The van der Waals surface area contributed by atoms with E-state index < -0.39 is 0 Å².